The van der Waals surface area contributed by atoms with Gasteiger partial charge < -0.3 is 14.9 Å². The van der Waals surface area contributed by atoms with Gasteiger partial charge in [-0.2, -0.15) is 15.2 Å². The number of fused-ring (bicyclic) bond motifs is 1. The monoisotopic (exact) mass is 441 g/mol. The quantitative estimate of drug-likeness (QED) is 0.676. The van der Waals surface area contributed by atoms with E-state index in [-0.39, 0.29) is 34.9 Å². The predicted molar refractivity (Wildman–Crippen MR) is 115 cm³/mol. The highest BCUT2D eigenvalue weighted by atomic mass is 16.4. The number of carbonyl (C=O) groups is 2. The highest BCUT2D eigenvalue weighted by Crippen LogP contribution is 2.30. The molecule has 32 heavy (non-hydrogen) atoms. The third-order valence-corrected chi connectivity index (χ3v) is 6.28. The van der Waals surface area contributed by atoms with E-state index in [9.17, 15) is 20.0 Å². The Morgan fingerprint density at radius 3 is 2.44 bits per heavy atom. The summed E-state index contributed by atoms with van der Waals surface area (Å²) in [5, 5.41) is 20.3. The summed E-state index contributed by atoms with van der Waals surface area (Å²) < 4.78 is 1.32. The van der Waals surface area contributed by atoms with Gasteiger partial charge in [-0.3, -0.25) is 5.01 Å². The van der Waals surface area contributed by atoms with Gasteiger partial charge in [0.15, 0.2) is 17.0 Å². The molecule has 1 saturated carbocycles. The topological polar surface area (TPSA) is 144 Å². The van der Waals surface area contributed by atoms with Gasteiger partial charge in [0.25, 0.3) is 0 Å². The van der Waals surface area contributed by atoms with Crippen molar-refractivity contribution in [3.8, 4) is 6.07 Å². The van der Waals surface area contributed by atoms with E-state index in [2.05, 4.69) is 25.3 Å². The van der Waals surface area contributed by atoms with Crippen LogP contribution in [0.5, 0.6) is 0 Å². The number of rotatable bonds is 4. The summed E-state index contributed by atoms with van der Waals surface area (Å²) in [5.74, 6) is 0.0438. The fraction of sp³-hybridized carbons (Fsp3) is 0.600. The molecule has 2 aromatic heterocycles. The number of hydrogen-bond donors (Lipinski definition) is 2. The Labute approximate surface area is 185 Å². The SMILES string of the molecule is CN(C)C1CCN(C(=O)n2cnc3c(N(NC(=O)O)C4CCCC4)nc(C#N)nc32)CC1. The summed E-state index contributed by atoms with van der Waals surface area (Å²) in [5.41, 5.74) is 2.87. The van der Waals surface area contributed by atoms with Crippen LogP contribution in [0.25, 0.3) is 11.2 Å². The standard InChI is InChI=1S/C20H27N9O3/c1-26(2)13-7-9-27(10-8-13)20(32)28-12-22-16-17(28)23-15(11-21)24-18(16)29(25-19(30)31)14-5-3-4-6-14/h12-14,25H,3-10H2,1-2H3,(H,30,31). The summed E-state index contributed by atoms with van der Waals surface area (Å²) in [6, 6.07) is 1.97. The van der Waals surface area contributed by atoms with Crippen molar-refractivity contribution < 1.29 is 14.7 Å². The molecule has 0 radical (unpaired) electrons. The zero-order chi connectivity index (χ0) is 22.8. The van der Waals surface area contributed by atoms with Crippen molar-refractivity contribution in [1.82, 2.24) is 34.7 Å². The molecule has 0 atom stereocenters. The summed E-state index contributed by atoms with van der Waals surface area (Å²) in [4.78, 5) is 41.5. The number of amides is 2. The van der Waals surface area contributed by atoms with Crippen LogP contribution in [0, 0.1) is 11.3 Å². The molecule has 170 valence electrons. The van der Waals surface area contributed by atoms with Crippen molar-refractivity contribution >= 4 is 29.1 Å². The number of hydrazine groups is 1. The summed E-state index contributed by atoms with van der Waals surface area (Å²) in [7, 11) is 4.07. The van der Waals surface area contributed by atoms with Gasteiger partial charge in [-0.05, 0) is 39.8 Å². The number of piperidine rings is 1. The Morgan fingerprint density at radius 1 is 1.16 bits per heavy atom. The summed E-state index contributed by atoms with van der Waals surface area (Å²) >= 11 is 0. The van der Waals surface area contributed by atoms with E-state index in [1.807, 2.05) is 20.2 Å². The maximum atomic E-state index is 13.2. The Kier molecular flexibility index (Phi) is 6.09. The number of anilines is 1. The lowest BCUT2D eigenvalue weighted by Crippen LogP contribution is -2.48. The van der Waals surface area contributed by atoms with Gasteiger partial charge in [0, 0.05) is 19.1 Å². The zero-order valence-corrected chi connectivity index (χ0v) is 18.2. The molecular formula is C20H27N9O3. The molecule has 4 rings (SSSR count). The van der Waals surface area contributed by atoms with E-state index in [1.165, 1.54) is 15.9 Å². The number of hydrogen-bond acceptors (Lipinski definition) is 8. The summed E-state index contributed by atoms with van der Waals surface area (Å²) in [6.45, 7) is 1.22. The maximum Gasteiger partial charge on any atom is 0.423 e. The van der Waals surface area contributed by atoms with Crippen LogP contribution in [0.1, 0.15) is 44.3 Å². The van der Waals surface area contributed by atoms with Crippen LogP contribution < -0.4 is 10.4 Å². The van der Waals surface area contributed by atoms with Gasteiger partial charge >= 0.3 is 12.1 Å². The number of aromatic nitrogens is 4. The fourth-order valence-electron chi connectivity index (χ4n) is 4.55. The van der Waals surface area contributed by atoms with Gasteiger partial charge in [0.1, 0.15) is 12.4 Å². The second kappa shape index (κ2) is 8.96. The Morgan fingerprint density at radius 2 is 1.84 bits per heavy atom. The predicted octanol–water partition coefficient (Wildman–Crippen LogP) is 1.62. The van der Waals surface area contributed by atoms with E-state index in [0.29, 0.717) is 19.1 Å². The van der Waals surface area contributed by atoms with Crippen molar-refractivity contribution in [3.05, 3.63) is 12.2 Å². The molecule has 12 heteroatoms. The minimum Gasteiger partial charge on any atom is -0.464 e. The van der Waals surface area contributed by atoms with Gasteiger partial charge in [-0.25, -0.2) is 24.6 Å². The maximum absolute atomic E-state index is 13.2. The molecule has 2 amide bonds. The van der Waals surface area contributed by atoms with Crippen LogP contribution in [0.15, 0.2) is 6.33 Å². The van der Waals surface area contributed by atoms with Crippen molar-refractivity contribution in [2.45, 2.75) is 50.6 Å². The number of nitrogens with one attached hydrogen (secondary N) is 1. The molecule has 12 nitrogen and oxygen atoms in total. The van der Waals surface area contributed by atoms with Crippen LogP contribution in [0.2, 0.25) is 0 Å². The molecule has 1 aliphatic heterocycles. The number of nitriles is 1. The highest BCUT2D eigenvalue weighted by molar-refractivity contribution is 5.92. The molecule has 1 saturated heterocycles. The number of nitrogens with zero attached hydrogens (tertiary/aromatic N) is 8. The minimum atomic E-state index is -1.23. The van der Waals surface area contributed by atoms with E-state index in [0.717, 1.165) is 38.5 Å². The highest BCUT2D eigenvalue weighted by Gasteiger charge is 2.31. The molecule has 0 bridgehead atoms. The van der Waals surface area contributed by atoms with E-state index in [4.69, 9.17) is 0 Å². The van der Waals surface area contributed by atoms with E-state index >= 15 is 0 Å². The minimum absolute atomic E-state index is 0.110. The molecular weight excluding hydrogens is 414 g/mol. The lowest BCUT2D eigenvalue weighted by Gasteiger charge is -2.35. The first-order valence-corrected chi connectivity index (χ1v) is 10.8. The largest absolute Gasteiger partial charge is 0.464 e. The van der Waals surface area contributed by atoms with Gasteiger partial charge in [0.05, 0.1) is 6.04 Å². The lowest BCUT2D eigenvalue weighted by molar-refractivity contribution is 0.149. The van der Waals surface area contributed by atoms with Crippen molar-refractivity contribution in [2.75, 3.05) is 32.2 Å². The fourth-order valence-corrected chi connectivity index (χ4v) is 4.55. The molecule has 2 aliphatic rings. The van der Waals surface area contributed by atoms with Gasteiger partial charge in [0.2, 0.25) is 5.82 Å². The molecule has 3 heterocycles. The third kappa shape index (κ3) is 4.16. The Bertz CT molecular complexity index is 1050. The lowest BCUT2D eigenvalue weighted by atomic mass is 10.0. The van der Waals surface area contributed by atoms with Crippen molar-refractivity contribution in [2.24, 2.45) is 0 Å². The smallest absolute Gasteiger partial charge is 0.423 e. The first kappa shape index (κ1) is 21.8. The molecule has 0 spiro atoms. The Balaban J connectivity index is 1.70. The van der Waals surface area contributed by atoms with Crippen LogP contribution >= 0.6 is 0 Å². The molecule has 1 aliphatic carbocycles. The second-order valence-corrected chi connectivity index (χ2v) is 8.46. The van der Waals surface area contributed by atoms with Crippen LogP contribution in [-0.2, 0) is 0 Å². The number of imidazole rings is 1. The van der Waals surface area contributed by atoms with Crippen molar-refractivity contribution in [3.63, 3.8) is 0 Å². The zero-order valence-electron chi connectivity index (χ0n) is 18.2. The van der Waals surface area contributed by atoms with Crippen molar-refractivity contribution in [1.29, 1.82) is 5.26 Å². The average molecular weight is 441 g/mol. The Hall–Kier alpha value is -3.46. The number of carbonyl (C=O) groups excluding carboxylic acids is 1. The molecule has 2 fully saturated rings. The normalized spacial score (nSPS) is 17.6. The van der Waals surface area contributed by atoms with Crippen LogP contribution in [0.3, 0.4) is 0 Å². The number of carboxylic acid groups (broad SMARTS) is 1. The summed E-state index contributed by atoms with van der Waals surface area (Å²) in [6.07, 6.45) is 5.39. The number of likely N-dealkylation sites (tertiary alicyclic amines) is 1. The molecule has 2 N–H and O–H groups in total. The average Bonchev–Trinajstić information content (AvgIpc) is 3.46. The third-order valence-electron chi connectivity index (χ3n) is 6.28. The van der Waals surface area contributed by atoms with Gasteiger partial charge in [-0.15, -0.1) is 0 Å². The van der Waals surface area contributed by atoms with E-state index < -0.39 is 6.09 Å². The first-order chi connectivity index (χ1) is 15.4. The molecule has 0 unspecified atom stereocenters. The second-order valence-electron chi connectivity index (χ2n) is 8.46. The molecule has 2 aromatic rings. The first-order valence-electron chi connectivity index (χ1n) is 10.8. The van der Waals surface area contributed by atoms with Crippen LogP contribution in [0.4, 0.5) is 15.4 Å². The van der Waals surface area contributed by atoms with Crippen LogP contribution in [-0.4, -0.2) is 85.8 Å². The molecule has 0 aromatic carbocycles. The van der Waals surface area contributed by atoms with E-state index in [1.54, 1.807) is 4.90 Å². The van der Waals surface area contributed by atoms with Gasteiger partial charge in [-0.1, -0.05) is 12.8 Å².